The number of fused-ring (bicyclic) bond motifs is 2. The lowest BCUT2D eigenvalue weighted by atomic mass is 9.70. The van der Waals surface area contributed by atoms with Crippen molar-refractivity contribution in [2.75, 3.05) is 27.4 Å². The Balaban J connectivity index is 0.000000217. The van der Waals surface area contributed by atoms with E-state index < -0.39 is 58.2 Å². The van der Waals surface area contributed by atoms with Crippen LogP contribution in [-0.4, -0.2) is 85.2 Å². The van der Waals surface area contributed by atoms with Gasteiger partial charge in [0, 0.05) is 53.6 Å². The minimum Gasteiger partial charge on any atom is -0.477 e. The molecule has 2 aromatic rings. The Kier molecular flexibility index (Phi) is 10.9. The summed E-state index contributed by atoms with van der Waals surface area (Å²) >= 11 is 12.0. The summed E-state index contributed by atoms with van der Waals surface area (Å²) in [5.41, 5.74) is -5.00. The van der Waals surface area contributed by atoms with Crippen LogP contribution in [0.15, 0.2) is 12.1 Å². The van der Waals surface area contributed by atoms with Crippen molar-refractivity contribution >= 4 is 70.4 Å². The van der Waals surface area contributed by atoms with Gasteiger partial charge in [-0.2, -0.15) is 21.6 Å². The number of benzene rings is 2. The maximum atomic E-state index is 12.5. The highest BCUT2D eigenvalue weighted by Gasteiger charge is 2.50. The van der Waals surface area contributed by atoms with Crippen molar-refractivity contribution in [3.8, 4) is 17.2 Å². The maximum absolute atomic E-state index is 12.5. The molecule has 2 unspecified atom stereocenters. The number of aldehydes is 2. The number of carbonyl (C=O) groups excluding carboxylic acids is 4. The minimum absolute atomic E-state index is 0.0683. The van der Waals surface area contributed by atoms with E-state index in [0.717, 1.165) is 13.2 Å². The van der Waals surface area contributed by atoms with Gasteiger partial charge in [0.2, 0.25) is 0 Å². The third kappa shape index (κ3) is 7.52. The van der Waals surface area contributed by atoms with Crippen LogP contribution in [0.25, 0.3) is 0 Å². The molecule has 0 aliphatic carbocycles. The molecular weight excluding hydrogens is 715 g/mol. The van der Waals surface area contributed by atoms with E-state index in [9.17, 15) is 40.8 Å². The van der Waals surface area contributed by atoms with Gasteiger partial charge in [-0.25, -0.2) is 9.59 Å². The van der Waals surface area contributed by atoms with Gasteiger partial charge in [0.25, 0.3) is 0 Å². The zero-order chi connectivity index (χ0) is 35.8. The van der Waals surface area contributed by atoms with Gasteiger partial charge in [-0.3, -0.25) is 9.59 Å². The molecule has 48 heavy (non-hydrogen) atoms. The van der Waals surface area contributed by atoms with E-state index in [0.29, 0.717) is 41.8 Å². The van der Waals surface area contributed by atoms with Gasteiger partial charge in [0.15, 0.2) is 24.2 Å². The van der Waals surface area contributed by atoms with Gasteiger partial charge >= 0.3 is 34.7 Å². The molecule has 0 spiro atoms. The van der Waals surface area contributed by atoms with Crippen molar-refractivity contribution in [2.24, 2.45) is 5.41 Å². The molecule has 3 heterocycles. The molecule has 3 aliphatic rings. The number of methoxy groups -OCH3 is 2. The molecule has 0 aromatic heterocycles. The summed E-state index contributed by atoms with van der Waals surface area (Å²) in [4.78, 5) is 45.9. The molecule has 1 fully saturated rings. The molecule has 0 amide bonds. The van der Waals surface area contributed by atoms with Crippen LogP contribution in [0.3, 0.4) is 0 Å². The third-order valence-corrected chi connectivity index (χ3v) is 8.68. The molecule has 2 atom stereocenters. The van der Waals surface area contributed by atoms with Gasteiger partial charge in [-0.15, -0.1) is 0 Å². The zero-order valence-electron chi connectivity index (χ0n) is 25.5. The number of halogens is 5. The zero-order valence-corrected chi connectivity index (χ0v) is 27.8. The quantitative estimate of drug-likeness (QED) is 0.134. The fourth-order valence-electron chi connectivity index (χ4n) is 4.89. The Morgan fingerprint density at radius 3 is 1.81 bits per heavy atom. The van der Waals surface area contributed by atoms with Gasteiger partial charge < -0.3 is 32.4 Å². The summed E-state index contributed by atoms with van der Waals surface area (Å²) < 4.78 is 95.6. The molecule has 0 bridgehead atoms. The fourth-order valence-corrected chi connectivity index (χ4v) is 5.96. The SMILES string of the molecule is COC(=O)C1Cc2c(c(Cl)cc(C=O)c2B2OCC(C)(C)CO2)O1.COC(=O)C1Cc2c(c(Cl)cc(C=O)c2OS(=O)(=O)C(F)(F)F)O1. The standard InChI is InChI=1S/C16H18BClO6.C12H8ClF3O7S/c1-16(2)7-22-17(23-8-16)13-9(6-19)4-11(18)14-10(13)5-12(24-14)15(20)21-3;1-21-11(18)8-3-6-9(23-24(19,20)12(14,15)16)5(4-17)2-7(13)10(6)22-8/h4,6,12H,5,7-8H2,1-3H3;2,4,8H,3H2,1H3. The number of esters is 2. The summed E-state index contributed by atoms with van der Waals surface area (Å²) in [5, 5.41) is 0.0775. The van der Waals surface area contributed by atoms with E-state index >= 15 is 0 Å². The fraction of sp³-hybridized carbons (Fsp3) is 0.429. The second-order valence-electron chi connectivity index (χ2n) is 11.3. The monoisotopic (exact) mass is 740 g/mol. The Morgan fingerprint density at radius 1 is 0.896 bits per heavy atom. The van der Waals surface area contributed by atoms with Crippen LogP contribution >= 0.6 is 23.2 Å². The van der Waals surface area contributed by atoms with Gasteiger partial charge in [-0.1, -0.05) is 37.0 Å². The van der Waals surface area contributed by atoms with Gasteiger partial charge in [0.1, 0.15) is 17.8 Å². The molecule has 0 radical (unpaired) electrons. The van der Waals surface area contributed by atoms with Gasteiger partial charge in [0.05, 0.1) is 29.8 Å². The Bertz CT molecular complexity index is 1740. The van der Waals surface area contributed by atoms with Crippen LogP contribution in [0.1, 0.15) is 45.7 Å². The normalized spacial score (nSPS) is 19.4. The Morgan fingerprint density at radius 2 is 1.35 bits per heavy atom. The van der Waals surface area contributed by atoms with Crippen molar-refractivity contribution in [2.45, 2.75) is 44.4 Å². The Labute approximate surface area is 282 Å². The highest BCUT2D eigenvalue weighted by Crippen LogP contribution is 2.45. The molecule has 20 heteroatoms. The van der Waals surface area contributed by atoms with E-state index in [2.05, 4.69) is 8.92 Å². The molecule has 3 aliphatic heterocycles. The number of carbonyl (C=O) groups is 4. The topological polar surface area (TPSA) is 167 Å². The summed E-state index contributed by atoms with van der Waals surface area (Å²) in [5.74, 6) is -2.13. The number of rotatable bonds is 7. The van der Waals surface area contributed by atoms with Crippen LogP contribution in [0, 0.1) is 5.41 Å². The number of ether oxygens (including phenoxy) is 4. The third-order valence-electron chi connectivity index (χ3n) is 7.16. The van der Waals surface area contributed by atoms with Crippen LogP contribution in [0.5, 0.6) is 17.2 Å². The first-order valence-corrected chi connectivity index (χ1v) is 15.9. The summed E-state index contributed by atoms with van der Waals surface area (Å²) in [6.45, 7) is 5.06. The molecule has 0 N–H and O–H groups in total. The van der Waals surface area contributed by atoms with Crippen molar-refractivity contribution in [1.29, 1.82) is 0 Å². The lowest BCUT2D eigenvalue weighted by Crippen LogP contribution is -2.49. The first-order chi connectivity index (χ1) is 22.4. The predicted molar refractivity (Wildman–Crippen MR) is 161 cm³/mol. The van der Waals surface area contributed by atoms with Crippen LogP contribution < -0.4 is 19.1 Å². The molecule has 2 aromatic carbocycles. The van der Waals surface area contributed by atoms with E-state index in [4.69, 9.17) is 46.7 Å². The molecule has 13 nitrogen and oxygen atoms in total. The molecule has 1 saturated heterocycles. The maximum Gasteiger partial charge on any atom is 0.534 e. The van der Waals surface area contributed by atoms with Crippen molar-refractivity contribution in [3.05, 3.63) is 44.4 Å². The van der Waals surface area contributed by atoms with Crippen LogP contribution in [0.4, 0.5) is 13.2 Å². The average Bonchev–Trinajstić information content (AvgIpc) is 3.68. The van der Waals surface area contributed by atoms with E-state index in [1.807, 2.05) is 13.8 Å². The summed E-state index contributed by atoms with van der Waals surface area (Å²) in [7, 11) is -4.38. The number of hydrogen-bond acceptors (Lipinski definition) is 13. The molecule has 0 saturated carbocycles. The summed E-state index contributed by atoms with van der Waals surface area (Å²) in [6.07, 6.45) is -1.40. The van der Waals surface area contributed by atoms with E-state index in [1.165, 1.54) is 13.2 Å². The molecule has 5 rings (SSSR count). The highest BCUT2D eigenvalue weighted by atomic mass is 35.5. The largest absolute Gasteiger partial charge is 0.534 e. The van der Waals surface area contributed by atoms with Crippen molar-refractivity contribution in [3.63, 3.8) is 0 Å². The van der Waals surface area contributed by atoms with E-state index in [-0.39, 0.29) is 45.9 Å². The second kappa shape index (κ2) is 14.1. The van der Waals surface area contributed by atoms with Gasteiger partial charge in [-0.05, 0) is 12.1 Å². The Hall–Kier alpha value is -3.58. The number of hydrogen-bond donors (Lipinski definition) is 0. The van der Waals surface area contributed by atoms with Crippen molar-refractivity contribution < 1.29 is 73.2 Å². The molecule has 260 valence electrons. The predicted octanol–water partition coefficient (Wildman–Crippen LogP) is 3.25. The first kappa shape index (κ1) is 37.2. The van der Waals surface area contributed by atoms with Crippen LogP contribution in [-0.2, 0) is 51.3 Å². The smallest absolute Gasteiger partial charge is 0.477 e. The second-order valence-corrected chi connectivity index (χ2v) is 13.6. The average molecular weight is 741 g/mol. The lowest BCUT2D eigenvalue weighted by Gasteiger charge is -2.34. The van der Waals surface area contributed by atoms with E-state index in [1.54, 1.807) is 0 Å². The number of alkyl halides is 3. The minimum atomic E-state index is -6.03. The van der Waals surface area contributed by atoms with Crippen LogP contribution in [0.2, 0.25) is 10.0 Å². The first-order valence-electron chi connectivity index (χ1n) is 13.7. The summed E-state index contributed by atoms with van der Waals surface area (Å²) in [6, 6.07) is 2.38. The molecular formula is C28H26BCl2F3O13S. The van der Waals surface area contributed by atoms with Crippen molar-refractivity contribution in [1.82, 2.24) is 0 Å². The lowest BCUT2D eigenvalue weighted by molar-refractivity contribution is -0.148. The highest BCUT2D eigenvalue weighted by molar-refractivity contribution is 7.88.